The Labute approximate surface area is 108 Å². The summed E-state index contributed by atoms with van der Waals surface area (Å²) < 4.78 is 0. The van der Waals surface area contributed by atoms with E-state index in [1.54, 1.807) is 0 Å². The maximum atomic E-state index is 5.70. The van der Waals surface area contributed by atoms with Crippen LogP contribution in [0.1, 0.15) is 38.3 Å². The molecule has 2 heteroatoms. The predicted molar refractivity (Wildman–Crippen MR) is 76.0 cm³/mol. The van der Waals surface area contributed by atoms with Crippen LogP contribution in [-0.4, -0.2) is 16.4 Å². The second-order valence-corrected chi connectivity index (χ2v) is 5.89. The van der Waals surface area contributed by atoms with Gasteiger partial charge >= 0.3 is 0 Å². The Morgan fingerprint density at radius 2 is 1.94 bits per heavy atom. The molecule has 0 N–H and O–H groups in total. The Hall–Kier alpha value is -1.15. The van der Waals surface area contributed by atoms with Gasteiger partial charge in [-0.15, -0.1) is 0 Å². The third-order valence-electron chi connectivity index (χ3n) is 4.02. The van der Waals surface area contributed by atoms with Crippen LogP contribution in [0.2, 0.25) is 0 Å². The highest BCUT2D eigenvalue weighted by molar-refractivity contribution is 7.80. The molecule has 2 heterocycles. The van der Waals surface area contributed by atoms with Gasteiger partial charge in [-0.05, 0) is 38.3 Å². The Balaban J connectivity index is 2.33. The average Bonchev–Trinajstić information content (AvgIpc) is 2.69. The first kappa shape index (κ1) is 11.0. The molecule has 88 valence electrons. The summed E-state index contributed by atoms with van der Waals surface area (Å²) in [4.78, 5) is 3.41. The molecule has 2 aliphatic heterocycles. The van der Waals surface area contributed by atoms with Gasteiger partial charge in [0.2, 0.25) is 0 Å². The van der Waals surface area contributed by atoms with Crippen LogP contribution in [0, 0.1) is 0 Å². The molecule has 0 fully saturated rings. The topological polar surface area (TPSA) is 3.24 Å². The fraction of sp³-hybridized carbons (Fsp3) is 0.400. The fourth-order valence-electron chi connectivity index (χ4n) is 3.01. The molecular formula is C15H17NS. The Bertz CT molecular complexity index is 540. The van der Waals surface area contributed by atoms with Gasteiger partial charge in [-0.2, -0.15) is 0 Å². The third kappa shape index (κ3) is 1.34. The van der Waals surface area contributed by atoms with Crippen molar-refractivity contribution in [2.75, 3.05) is 6.54 Å². The maximum absolute atomic E-state index is 5.70. The second-order valence-electron chi connectivity index (χ2n) is 5.51. The number of nitrogens with zero attached hydrogens (tertiary/aromatic N) is 1. The summed E-state index contributed by atoms with van der Waals surface area (Å²) in [7, 11) is 0. The number of hydrogen-bond donors (Lipinski definition) is 0. The van der Waals surface area contributed by atoms with Gasteiger partial charge < -0.3 is 4.90 Å². The number of hydrogen-bond acceptors (Lipinski definition) is 1. The predicted octanol–water partition coefficient (Wildman–Crippen LogP) is 3.74. The zero-order valence-electron chi connectivity index (χ0n) is 10.6. The van der Waals surface area contributed by atoms with E-state index in [0.29, 0.717) is 0 Å². The van der Waals surface area contributed by atoms with Crippen LogP contribution >= 0.6 is 12.2 Å². The molecule has 0 aromatic heterocycles. The molecule has 1 nitrogen and oxygen atoms in total. The van der Waals surface area contributed by atoms with Gasteiger partial charge in [0.05, 0.1) is 4.99 Å². The summed E-state index contributed by atoms with van der Waals surface area (Å²) in [6.07, 6.45) is 1.14. The van der Waals surface area contributed by atoms with Crippen LogP contribution in [0.3, 0.4) is 0 Å². The first-order valence-electron chi connectivity index (χ1n) is 6.15. The normalized spacial score (nSPS) is 21.6. The minimum absolute atomic E-state index is 0.0277. The first-order chi connectivity index (χ1) is 8.03. The summed E-state index contributed by atoms with van der Waals surface area (Å²) in [6, 6.07) is 8.69. The molecule has 1 aromatic carbocycles. The lowest BCUT2D eigenvalue weighted by atomic mass is 9.77. The van der Waals surface area contributed by atoms with Crippen molar-refractivity contribution in [3.05, 3.63) is 41.0 Å². The van der Waals surface area contributed by atoms with E-state index in [-0.39, 0.29) is 5.41 Å². The largest absolute Gasteiger partial charge is 0.335 e. The van der Waals surface area contributed by atoms with E-state index < -0.39 is 0 Å². The van der Waals surface area contributed by atoms with Crippen molar-refractivity contribution in [3.63, 3.8) is 0 Å². The molecule has 0 radical (unpaired) electrons. The number of rotatable bonds is 0. The zero-order chi connectivity index (χ0) is 12.2. The van der Waals surface area contributed by atoms with E-state index in [1.807, 2.05) is 0 Å². The van der Waals surface area contributed by atoms with E-state index in [4.69, 9.17) is 12.2 Å². The molecule has 0 unspecified atom stereocenters. The van der Waals surface area contributed by atoms with Crippen molar-refractivity contribution in [2.45, 2.75) is 32.6 Å². The van der Waals surface area contributed by atoms with Gasteiger partial charge in [-0.3, -0.25) is 0 Å². The lowest BCUT2D eigenvalue weighted by molar-refractivity contribution is 0.541. The minimum Gasteiger partial charge on any atom is -0.335 e. The number of fused-ring (bicyclic) bond motifs is 3. The summed E-state index contributed by atoms with van der Waals surface area (Å²) in [5.74, 6) is 0. The molecule has 2 aliphatic rings. The molecule has 0 spiro atoms. The standard InChI is InChI=1S/C15H17NS/c1-10-8-9-16-13(10)11-6-4-5-7-12(11)15(2,3)14(16)17/h4-7H,8-9H2,1-3H3. The lowest BCUT2D eigenvalue weighted by Gasteiger charge is -2.41. The van der Waals surface area contributed by atoms with Crippen LogP contribution in [0.4, 0.5) is 0 Å². The molecular weight excluding hydrogens is 226 g/mol. The van der Waals surface area contributed by atoms with E-state index in [2.05, 4.69) is 49.9 Å². The van der Waals surface area contributed by atoms with E-state index in [9.17, 15) is 0 Å². The Morgan fingerprint density at radius 1 is 1.24 bits per heavy atom. The Morgan fingerprint density at radius 3 is 2.71 bits per heavy atom. The molecule has 17 heavy (non-hydrogen) atoms. The summed E-state index contributed by atoms with van der Waals surface area (Å²) in [5, 5.41) is 0. The minimum atomic E-state index is -0.0277. The molecule has 0 saturated carbocycles. The first-order valence-corrected chi connectivity index (χ1v) is 6.56. The zero-order valence-corrected chi connectivity index (χ0v) is 11.4. The quantitative estimate of drug-likeness (QED) is 0.639. The van der Waals surface area contributed by atoms with Crippen molar-refractivity contribution in [1.82, 2.24) is 4.90 Å². The Kier molecular flexibility index (Phi) is 2.21. The molecule has 0 bridgehead atoms. The van der Waals surface area contributed by atoms with Crippen LogP contribution in [0.25, 0.3) is 5.70 Å². The lowest BCUT2D eigenvalue weighted by Crippen LogP contribution is -2.44. The van der Waals surface area contributed by atoms with Gasteiger partial charge in [-0.25, -0.2) is 0 Å². The van der Waals surface area contributed by atoms with Gasteiger partial charge in [-0.1, -0.05) is 36.5 Å². The van der Waals surface area contributed by atoms with Crippen LogP contribution in [-0.2, 0) is 5.41 Å². The highest BCUT2D eigenvalue weighted by atomic mass is 32.1. The van der Waals surface area contributed by atoms with Gasteiger partial charge in [0.15, 0.2) is 0 Å². The second kappa shape index (κ2) is 3.42. The summed E-state index contributed by atoms with van der Waals surface area (Å²) in [6.45, 7) is 7.75. The highest BCUT2D eigenvalue weighted by Gasteiger charge is 2.41. The molecule has 0 saturated heterocycles. The monoisotopic (exact) mass is 243 g/mol. The van der Waals surface area contributed by atoms with E-state index >= 15 is 0 Å². The van der Waals surface area contributed by atoms with E-state index in [1.165, 1.54) is 22.4 Å². The van der Waals surface area contributed by atoms with Crippen molar-refractivity contribution in [2.24, 2.45) is 0 Å². The van der Waals surface area contributed by atoms with Crippen molar-refractivity contribution < 1.29 is 0 Å². The number of thiocarbonyl (C=S) groups is 1. The fourth-order valence-corrected chi connectivity index (χ4v) is 3.30. The van der Waals surface area contributed by atoms with Crippen LogP contribution < -0.4 is 0 Å². The maximum Gasteiger partial charge on any atom is 0.0925 e. The van der Waals surface area contributed by atoms with Crippen molar-refractivity contribution in [1.29, 1.82) is 0 Å². The van der Waals surface area contributed by atoms with E-state index in [0.717, 1.165) is 18.0 Å². The van der Waals surface area contributed by atoms with Gasteiger partial charge in [0, 0.05) is 23.2 Å². The molecule has 0 amide bonds. The SMILES string of the molecule is CC1=C2c3ccccc3C(C)(C)C(=S)N2CC1. The third-order valence-corrected chi connectivity index (χ3v) is 4.75. The van der Waals surface area contributed by atoms with Crippen LogP contribution in [0.15, 0.2) is 29.8 Å². The molecule has 1 aromatic rings. The van der Waals surface area contributed by atoms with Gasteiger partial charge in [0.25, 0.3) is 0 Å². The van der Waals surface area contributed by atoms with Crippen molar-refractivity contribution in [3.8, 4) is 0 Å². The average molecular weight is 243 g/mol. The van der Waals surface area contributed by atoms with Crippen LogP contribution in [0.5, 0.6) is 0 Å². The molecule has 0 aliphatic carbocycles. The summed E-state index contributed by atoms with van der Waals surface area (Å²) >= 11 is 5.70. The van der Waals surface area contributed by atoms with Gasteiger partial charge in [0.1, 0.15) is 0 Å². The smallest absolute Gasteiger partial charge is 0.0925 e. The van der Waals surface area contributed by atoms with Crippen molar-refractivity contribution >= 4 is 22.9 Å². The number of benzene rings is 1. The highest BCUT2D eigenvalue weighted by Crippen LogP contribution is 2.44. The summed E-state index contributed by atoms with van der Waals surface area (Å²) in [5.41, 5.74) is 5.55. The molecule has 3 rings (SSSR count). The molecule has 0 atom stereocenters.